The van der Waals surface area contributed by atoms with Crippen molar-refractivity contribution < 1.29 is 31.2 Å². The molecular weight excluding hydrogens is 555 g/mol. The predicted molar refractivity (Wildman–Crippen MR) is 156 cm³/mol. The Kier molecular flexibility index (Phi) is 10.8. The Labute approximate surface area is 238 Å². The third-order valence-corrected chi connectivity index (χ3v) is 11.6. The van der Waals surface area contributed by atoms with Crippen molar-refractivity contribution >= 4 is 23.2 Å². The SMILES string of the molecule is [Br-].c1ccc([P+](CCCCCCOCCc2ccc3c(c2)OCO3)(c2ccccc2)c2ccccc2)cc1. The van der Waals surface area contributed by atoms with Crippen LogP contribution in [-0.2, 0) is 11.2 Å². The Morgan fingerprint density at radius 3 is 1.74 bits per heavy atom. The first-order valence-electron chi connectivity index (χ1n) is 13.4. The normalized spacial score (nSPS) is 12.2. The summed E-state index contributed by atoms with van der Waals surface area (Å²) in [5.41, 5.74) is 1.23. The van der Waals surface area contributed by atoms with E-state index in [1.54, 1.807) is 0 Å². The molecule has 0 unspecified atom stereocenters. The van der Waals surface area contributed by atoms with Gasteiger partial charge in [0.2, 0.25) is 6.79 Å². The maximum Gasteiger partial charge on any atom is 0.231 e. The molecule has 0 fully saturated rings. The molecule has 0 saturated heterocycles. The topological polar surface area (TPSA) is 27.7 Å². The van der Waals surface area contributed by atoms with Crippen LogP contribution in [0.5, 0.6) is 11.5 Å². The van der Waals surface area contributed by atoms with E-state index >= 15 is 0 Å². The van der Waals surface area contributed by atoms with E-state index in [0.29, 0.717) is 6.79 Å². The first kappa shape index (κ1) is 28.4. The molecule has 1 aliphatic heterocycles. The molecule has 0 amide bonds. The van der Waals surface area contributed by atoms with Crippen molar-refractivity contribution in [3.63, 3.8) is 0 Å². The minimum absolute atomic E-state index is 0. The molecule has 0 aliphatic carbocycles. The Hall–Kier alpha value is -2.65. The van der Waals surface area contributed by atoms with Crippen molar-refractivity contribution in [3.05, 3.63) is 115 Å². The fourth-order valence-corrected chi connectivity index (χ4v) is 9.59. The molecule has 0 atom stereocenters. The molecule has 0 radical (unpaired) electrons. The van der Waals surface area contributed by atoms with Crippen LogP contribution >= 0.6 is 7.26 Å². The summed E-state index contributed by atoms with van der Waals surface area (Å²) in [5, 5.41) is 4.41. The van der Waals surface area contributed by atoms with E-state index in [9.17, 15) is 0 Å². The van der Waals surface area contributed by atoms with Crippen molar-refractivity contribution in [1.29, 1.82) is 0 Å². The number of hydrogen-bond donors (Lipinski definition) is 0. The van der Waals surface area contributed by atoms with Gasteiger partial charge in [0.25, 0.3) is 0 Å². The molecule has 198 valence electrons. The molecule has 4 aromatic rings. The second kappa shape index (κ2) is 14.5. The zero-order chi connectivity index (χ0) is 25.2. The highest BCUT2D eigenvalue weighted by Crippen LogP contribution is 2.56. The average Bonchev–Trinajstić information content (AvgIpc) is 3.44. The summed E-state index contributed by atoms with van der Waals surface area (Å²) in [6.07, 6.45) is 6.82. The number of halogens is 1. The summed E-state index contributed by atoms with van der Waals surface area (Å²) in [6, 6.07) is 39.7. The van der Waals surface area contributed by atoms with E-state index in [1.807, 2.05) is 6.07 Å². The first-order chi connectivity index (χ1) is 18.4. The van der Waals surface area contributed by atoms with E-state index in [1.165, 1.54) is 46.9 Å². The highest BCUT2D eigenvalue weighted by Gasteiger charge is 2.44. The van der Waals surface area contributed by atoms with Crippen molar-refractivity contribution in [2.45, 2.75) is 32.1 Å². The maximum absolute atomic E-state index is 5.95. The van der Waals surface area contributed by atoms with Crippen LogP contribution in [-0.4, -0.2) is 26.2 Å². The summed E-state index contributed by atoms with van der Waals surface area (Å²) in [6.45, 7) is 1.88. The molecule has 1 heterocycles. The molecule has 0 bridgehead atoms. The summed E-state index contributed by atoms with van der Waals surface area (Å²) < 4.78 is 16.8. The van der Waals surface area contributed by atoms with Crippen molar-refractivity contribution in [2.24, 2.45) is 0 Å². The van der Waals surface area contributed by atoms with Gasteiger partial charge in [0.1, 0.15) is 23.2 Å². The van der Waals surface area contributed by atoms with Gasteiger partial charge in [-0.15, -0.1) is 0 Å². The fraction of sp³-hybridized carbons (Fsp3) is 0.273. The van der Waals surface area contributed by atoms with Crippen molar-refractivity contribution in [2.75, 3.05) is 26.2 Å². The molecule has 1 aliphatic rings. The van der Waals surface area contributed by atoms with E-state index in [-0.39, 0.29) is 17.0 Å². The smallest absolute Gasteiger partial charge is 0.231 e. The lowest BCUT2D eigenvalue weighted by Gasteiger charge is -2.27. The van der Waals surface area contributed by atoms with Crippen LogP contribution in [0.3, 0.4) is 0 Å². The number of hydrogen-bond acceptors (Lipinski definition) is 3. The quantitative estimate of drug-likeness (QED) is 0.176. The molecule has 0 aromatic heterocycles. The average molecular weight is 592 g/mol. The first-order valence-corrected chi connectivity index (χ1v) is 15.3. The Morgan fingerprint density at radius 2 is 1.13 bits per heavy atom. The summed E-state index contributed by atoms with van der Waals surface area (Å²) in [7, 11) is -1.71. The van der Waals surface area contributed by atoms with Crippen LogP contribution in [0, 0.1) is 0 Å². The third kappa shape index (κ3) is 6.86. The monoisotopic (exact) mass is 590 g/mol. The fourth-order valence-electron chi connectivity index (χ4n) is 5.18. The zero-order valence-electron chi connectivity index (χ0n) is 21.8. The number of fused-ring (bicyclic) bond motifs is 1. The minimum atomic E-state index is -1.71. The van der Waals surface area contributed by atoms with Gasteiger partial charge in [-0.1, -0.05) is 67.1 Å². The van der Waals surface area contributed by atoms with Gasteiger partial charge >= 0.3 is 0 Å². The van der Waals surface area contributed by atoms with Crippen LogP contribution in [0.15, 0.2) is 109 Å². The van der Waals surface area contributed by atoms with E-state index in [0.717, 1.165) is 37.6 Å². The van der Waals surface area contributed by atoms with Gasteiger partial charge in [0.05, 0.1) is 12.8 Å². The van der Waals surface area contributed by atoms with Crippen molar-refractivity contribution in [1.82, 2.24) is 0 Å². The lowest BCUT2D eigenvalue weighted by atomic mass is 10.1. The minimum Gasteiger partial charge on any atom is -1.00 e. The lowest BCUT2D eigenvalue weighted by Crippen LogP contribution is -3.00. The largest absolute Gasteiger partial charge is 1.00 e. The second-order valence-electron chi connectivity index (χ2n) is 9.50. The number of rotatable bonds is 13. The summed E-state index contributed by atoms with van der Waals surface area (Å²) in [5.74, 6) is 1.68. The van der Waals surface area contributed by atoms with E-state index in [4.69, 9.17) is 14.2 Å². The molecular formula is C33H36BrO3P. The van der Waals surface area contributed by atoms with Crippen LogP contribution < -0.4 is 42.4 Å². The number of unbranched alkanes of at least 4 members (excludes halogenated alkanes) is 3. The lowest BCUT2D eigenvalue weighted by molar-refractivity contribution is -0.00000965. The molecule has 5 rings (SSSR count). The summed E-state index contributed by atoms with van der Waals surface area (Å²) in [4.78, 5) is 0. The molecule has 5 heteroatoms. The predicted octanol–water partition coefficient (Wildman–Crippen LogP) is 3.53. The van der Waals surface area contributed by atoms with Crippen LogP contribution in [0.1, 0.15) is 31.2 Å². The van der Waals surface area contributed by atoms with Gasteiger partial charge in [0.15, 0.2) is 11.5 Å². The van der Waals surface area contributed by atoms with Crippen molar-refractivity contribution in [3.8, 4) is 11.5 Å². The van der Waals surface area contributed by atoms with Crippen LogP contribution in [0.4, 0.5) is 0 Å². The Balaban J connectivity index is 0.00000336. The standard InChI is InChI=1S/C33H36O3P.BrH/c1(12-23-34-24-22-28-20-21-32-33(26-28)36-27-35-32)2-13-25-37(29-14-6-3-7-15-29,30-16-8-4-9-17-30)31-18-10-5-11-19-31;/h3-11,14-21,26H,1-2,12-13,22-25,27H2;1H/q+1;/p-1. The molecule has 3 nitrogen and oxygen atoms in total. The second-order valence-corrected chi connectivity index (χ2v) is 13.1. The number of ether oxygens (including phenoxy) is 3. The van der Waals surface area contributed by atoms with E-state index < -0.39 is 7.26 Å². The molecule has 0 N–H and O–H groups in total. The Morgan fingerprint density at radius 1 is 0.579 bits per heavy atom. The van der Waals surface area contributed by atoms with Gasteiger partial charge in [0, 0.05) is 6.61 Å². The molecule has 0 spiro atoms. The molecule has 0 saturated carbocycles. The third-order valence-electron chi connectivity index (χ3n) is 7.10. The van der Waals surface area contributed by atoms with Crippen LogP contribution in [0.25, 0.3) is 0 Å². The maximum atomic E-state index is 5.95. The van der Waals surface area contributed by atoms with E-state index in [2.05, 4.69) is 103 Å². The molecule has 38 heavy (non-hydrogen) atoms. The highest BCUT2D eigenvalue weighted by molar-refractivity contribution is 7.95. The van der Waals surface area contributed by atoms with Gasteiger partial charge in [-0.05, 0) is 79.8 Å². The van der Waals surface area contributed by atoms with Gasteiger partial charge in [-0.3, -0.25) is 0 Å². The number of benzene rings is 4. The van der Waals surface area contributed by atoms with Gasteiger partial charge < -0.3 is 31.2 Å². The van der Waals surface area contributed by atoms with Gasteiger partial charge in [-0.2, -0.15) is 0 Å². The Bertz CT molecular complexity index is 1140. The van der Waals surface area contributed by atoms with Gasteiger partial charge in [-0.25, -0.2) is 0 Å². The highest BCUT2D eigenvalue weighted by atomic mass is 79.9. The molecule has 4 aromatic carbocycles. The van der Waals surface area contributed by atoms with Crippen LogP contribution in [0.2, 0.25) is 0 Å². The zero-order valence-corrected chi connectivity index (χ0v) is 24.3. The summed E-state index contributed by atoms with van der Waals surface area (Å²) >= 11 is 0.